The van der Waals surface area contributed by atoms with Crippen molar-refractivity contribution >= 4 is 11.9 Å². The number of carbonyl (C=O) groups excluding carboxylic acids is 2. The molecule has 1 rings (SSSR count). The third-order valence-corrected chi connectivity index (χ3v) is 2.23. The van der Waals surface area contributed by atoms with Gasteiger partial charge in [0, 0.05) is 6.54 Å². The van der Waals surface area contributed by atoms with Crippen molar-refractivity contribution in [2.75, 3.05) is 20.3 Å². The Bertz CT molecular complexity index is 476. The lowest BCUT2D eigenvalue weighted by atomic mass is 10.2. The molecule has 0 spiro atoms. The summed E-state index contributed by atoms with van der Waals surface area (Å²) in [6.07, 6.45) is 0.124. The van der Waals surface area contributed by atoms with Crippen LogP contribution in [0.3, 0.4) is 0 Å². The van der Waals surface area contributed by atoms with Gasteiger partial charge >= 0.3 is 5.97 Å². The van der Waals surface area contributed by atoms with Gasteiger partial charge in [-0.15, -0.1) is 0 Å². The lowest BCUT2D eigenvalue weighted by Crippen LogP contribution is -2.30. The molecule has 1 aromatic carbocycles. The molecule has 6 nitrogen and oxygen atoms in total. The molecule has 0 aliphatic carbocycles. The number of methoxy groups -OCH3 is 1. The van der Waals surface area contributed by atoms with Crippen LogP contribution >= 0.6 is 0 Å². The first-order valence-electron chi connectivity index (χ1n) is 5.62. The van der Waals surface area contributed by atoms with Crippen LogP contribution in [-0.2, 0) is 14.3 Å². The van der Waals surface area contributed by atoms with E-state index in [1.807, 2.05) is 6.07 Å². The molecule has 0 bridgehead atoms. The number of ether oxygens (including phenoxy) is 2. The second kappa shape index (κ2) is 7.71. The zero-order valence-electron chi connectivity index (χ0n) is 10.5. The SMILES string of the molecule is COC(=O)CCNC(=O)COc1ccc(C#N)cc1. The monoisotopic (exact) mass is 262 g/mol. The van der Waals surface area contributed by atoms with E-state index in [0.29, 0.717) is 11.3 Å². The van der Waals surface area contributed by atoms with E-state index in [0.717, 1.165) is 0 Å². The Balaban J connectivity index is 2.26. The molecule has 1 amide bonds. The van der Waals surface area contributed by atoms with Crippen molar-refractivity contribution in [2.24, 2.45) is 0 Å². The molecule has 100 valence electrons. The number of nitrogens with zero attached hydrogens (tertiary/aromatic N) is 1. The van der Waals surface area contributed by atoms with Crippen molar-refractivity contribution in [3.8, 4) is 11.8 Å². The van der Waals surface area contributed by atoms with Gasteiger partial charge in [-0.2, -0.15) is 5.26 Å². The van der Waals surface area contributed by atoms with E-state index in [1.54, 1.807) is 24.3 Å². The van der Waals surface area contributed by atoms with Crippen LogP contribution < -0.4 is 10.1 Å². The highest BCUT2D eigenvalue weighted by Gasteiger charge is 2.04. The van der Waals surface area contributed by atoms with Gasteiger partial charge in [-0.05, 0) is 24.3 Å². The minimum absolute atomic E-state index is 0.124. The summed E-state index contributed by atoms with van der Waals surface area (Å²) in [5.41, 5.74) is 0.523. The van der Waals surface area contributed by atoms with Gasteiger partial charge in [0.25, 0.3) is 5.91 Å². The standard InChI is InChI=1S/C13H14N2O4/c1-18-13(17)6-7-15-12(16)9-19-11-4-2-10(8-14)3-5-11/h2-5H,6-7,9H2,1H3,(H,15,16). The van der Waals surface area contributed by atoms with E-state index in [9.17, 15) is 9.59 Å². The molecule has 6 heteroatoms. The molecule has 0 unspecified atom stereocenters. The van der Waals surface area contributed by atoms with Crippen LogP contribution in [-0.4, -0.2) is 32.1 Å². The predicted molar refractivity (Wildman–Crippen MR) is 66.3 cm³/mol. The average molecular weight is 262 g/mol. The number of hydrogen-bond donors (Lipinski definition) is 1. The second-order valence-corrected chi connectivity index (χ2v) is 3.60. The van der Waals surface area contributed by atoms with E-state index in [1.165, 1.54) is 7.11 Å². The van der Waals surface area contributed by atoms with E-state index in [2.05, 4.69) is 10.1 Å². The summed E-state index contributed by atoms with van der Waals surface area (Å²) in [6, 6.07) is 8.41. The number of nitrogens with one attached hydrogen (secondary N) is 1. The Kier molecular flexibility index (Phi) is 5.89. The molecule has 0 heterocycles. The molecule has 0 saturated heterocycles. The molecule has 0 fully saturated rings. The molecule has 0 saturated carbocycles. The number of benzene rings is 1. The quantitative estimate of drug-likeness (QED) is 0.759. The molecule has 0 aliphatic rings. The molecule has 19 heavy (non-hydrogen) atoms. The highest BCUT2D eigenvalue weighted by Crippen LogP contribution is 2.11. The molecule has 0 radical (unpaired) electrons. The fourth-order valence-electron chi connectivity index (χ4n) is 1.23. The summed E-state index contributed by atoms with van der Waals surface area (Å²) in [4.78, 5) is 22.2. The summed E-state index contributed by atoms with van der Waals surface area (Å²) in [6.45, 7) is 0.0648. The van der Waals surface area contributed by atoms with Crippen LogP contribution in [0.15, 0.2) is 24.3 Å². The maximum Gasteiger partial charge on any atom is 0.307 e. The fourth-order valence-corrected chi connectivity index (χ4v) is 1.23. The van der Waals surface area contributed by atoms with Crippen molar-refractivity contribution in [1.29, 1.82) is 5.26 Å². The number of carbonyl (C=O) groups is 2. The highest BCUT2D eigenvalue weighted by atomic mass is 16.5. The van der Waals surface area contributed by atoms with Gasteiger partial charge < -0.3 is 14.8 Å². The van der Waals surface area contributed by atoms with Gasteiger partial charge in [-0.25, -0.2) is 0 Å². The minimum Gasteiger partial charge on any atom is -0.484 e. The zero-order chi connectivity index (χ0) is 14.1. The Morgan fingerprint density at radius 1 is 1.32 bits per heavy atom. The summed E-state index contributed by atoms with van der Waals surface area (Å²) in [7, 11) is 1.29. The van der Waals surface area contributed by atoms with E-state index in [-0.39, 0.29) is 31.4 Å². The Morgan fingerprint density at radius 3 is 2.58 bits per heavy atom. The maximum atomic E-state index is 11.4. The first-order valence-corrected chi connectivity index (χ1v) is 5.62. The van der Waals surface area contributed by atoms with Gasteiger partial charge in [0.2, 0.25) is 0 Å². The van der Waals surface area contributed by atoms with Gasteiger partial charge in [0.05, 0.1) is 25.2 Å². The lowest BCUT2D eigenvalue weighted by molar-refractivity contribution is -0.140. The summed E-state index contributed by atoms with van der Waals surface area (Å²) in [5.74, 6) is -0.205. The summed E-state index contributed by atoms with van der Waals surface area (Å²) in [5, 5.41) is 11.1. The topological polar surface area (TPSA) is 88.4 Å². The molecular formula is C13H14N2O4. The van der Waals surface area contributed by atoms with Crippen molar-refractivity contribution in [2.45, 2.75) is 6.42 Å². The van der Waals surface area contributed by atoms with Gasteiger partial charge in [0.15, 0.2) is 6.61 Å². The van der Waals surface area contributed by atoms with Crippen LogP contribution in [0.2, 0.25) is 0 Å². The van der Waals surface area contributed by atoms with E-state index >= 15 is 0 Å². The molecule has 0 aliphatic heterocycles. The largest absolute Gasteiger partial charge is 0.484 e. The fraction of sp³-hybridized carbons (Fsp3) is 0.308. The number of esters is 1. The van der Waals surface area contributed by atoms with E-state index < -0.39 is 0 Å². The molecular weight excluding hydrogens is 248 g/mol. The normalized spacial score (nSPS) is 9.26. The van der Waals surface area contributed by atoms with Crippen molar-refractivity contribution < 1.29 is 19.1 Å². The average Bonchev–Trinajstić information content (AvgIpc) is 2.45. The highest BCUT2D eigenvalue weighted by molar-refractivity contribution is 5.78. The number of hydrogen-bond acceptors (Lipinski definition) is 5. The van der Waals surface area contributed by atoms with Crippen LogP contribution in [0.1, 0.15) is 12.0 Å². The molecule has 1 aromatic rings. The Labute approximate surface area is 110 Å². The Morgan fingerprint density at radius 2 is 2.00 bits per heavy atom. The second-order valence-electron chi connectivity index (χ2n) is 3.60. The maximum absolute atomic E-state index is 11.4. The summed E-state index contributed by atoms with van der Waals surface area (Å²) < 4.78 is 9.65. The zero-order valence-corrected chi connectivity index (χ0v) is 10.5. The van der Waals surface area contributed by atoms with Crippen molar-refractivity contribution in [3.05, 3.63) is 29.8 Å². The predicted octanol–water partition coefficient (Wildman–Crippen LogP) is 0.616. The van der Waals surface area contributed by atoms with Crippen molar-refractivity contribution in [3.63, 3.8) is 0 Å². The van der Waals surface area contributed by atoms with E-state index in [4.69, 9.17) is 10.00 Å². The number of nitriles is 1. The lowest BCUT2D eigenvalue weighted by Gasteiger charge is -2.07. The summed E-state index contributed by atoms with van der Waals surface area (Å²) >= 11 is 0. The third-order valence-electron chi connectivity index (χ3n) is 2.23. The van der Waals surface area contributed by atoms with Crippen LogP contribution in [0.4, 0.5) is 0 Å². The van der Waals surface area contributed by atoms with Crippen molar-refractivity contribution in [1.82, 2.24) is 5.32 Å². The first kappa shape index (κ1) is 14.5. The minimum atomic E-state index is -0.381. The molecule has 1 N–H and O–H groups in total. The van der Waals surface area contributed by atoms with Gasteiger partial charge in [-0.3, -0.25) is 9.59 Å². The van der Waals surface area contributed by atoms with Gasteiger partial charge in [0.1, 0.15) is 5.75 Å². The number of amides is 1. The van der Waals surface area contributed by atoms with Gasteiger partial charge in [-0.1, -0.05) is 0 Å². The van der Waals surface area contributed by atoms with Crippen LogP contribution in [0, 0.1) is 11.3 Å². The molecule has 0 atom stereocenters. The molecule has 0 aromatic heterocycles. The number of rotatable bonds is 6. The van der Waals surface area contributed by atoms with Crippen LogP contribution in [0.25, 0.3) is 0 Å². The smallest absolute Gasteiger partial charge is 0.307 e. The first-order chi connectivity index (χ1) is 9.15. The third kappa shape index (κ3) is 5.55. The Hall–Kier alpha value is -2.55. The van der Waals surface area contributed by atoms with Crippen LogP contribution in [0.5, 0.6) is 5.75 Å².